The fraction of sp³-hybridized carbons (Fsp3) is 0.667. The van der Waals surface area contributed by atoms with E-state index in [2.05, 4.69) is 9.82 Å². The lowest BCUT2D eigenvalue weighted by atomic mass is 10.4. The molecule has 0 amide bonds. The Morgan fingerprint density at radius 1 is 1.53 bits per heavy atom. The summed E-state index contributed by atoms with van der Waals surface area (Å²) in [5, 5.41) is 12.5. The lowest BCUT2D eigenvalue weighted by Crippen LogP contribution is -2.17. The lowest BCUT2D eigenvalue weighted by Gasteiger charge is -2.03. The molecule has 0 saturated carbocycles. The van der Waals surface area contributed by atoms with E-state index in [0.29, 0.717) is 18.7 Å². The molecule has 1 aromatic rings. The molecule has 0 aliphatic rings. The number of aliphatic hydroxyl groups excluding tert-OH is 1. The first-order valence-corrected chi connectivity index (χ1v) is 6.83. The van der Waals surface area contributed by atoms with Gasteiger partial charge in [0.1, 0.15) is 0 Å². The van der Waals surface area contributed by atoms with Crippen molar-refractivity contribution in [2.24, 2.45) is 7.05 Å². The molecule has 98 valence electrons. The number of hydrogen-bond donors (Lipinski definition) is 2. The molecule has 0 radical (unpaired) electrons. The van der Waals surface area contributed by atoms with Gasteiger partial charge in [-0.3, -0.25) is 4.72 Å². The van der Waals surface area contributed by atoms with Crippen molar-refractivity contribution in [3.63, 3.8) is 0 Å². The Hall–Kier alpha value is -1.28. The maximum Gasteiger partial charge on any atom is 0.233 e. The zero-order valence-corrected chi connectivity index (χ0v) is 10.7. The summed E-state index contributed by atoms with van der Waals surface area (Å²) in [6, 6.07) is 1.50. The molecule has 8 heteroatoms. The first-order chi connectivity index (χ1) is 7.98. The van der Waals surface area contributed by atoms with Crippen molar-refractivity contribution < 1.29 is 18.3 Å². The van der Waals surface area contributed by atoms with Crippen molar-refractivity contribution >= 4 is 15.8 Å². The largest absolute Gasteiger partial charge is 0.481 e. The Morgan fingerprint density at radius 2 is 2.24 bits per heavy atom. The topological polar surface area (TPSA) is 93.4 Å². The number of aryl methyl sites for hydroxylation is 1. The predicted molar refractivity (Wildman–Crippen MR) is 63.5 cm³/mol. The number of ether oxygens (including phenoxy) is 1. The first kappa shape index (κ1) is 13.8. The molecule has 17 heavy (non-hydrogen) atoms. The van der Waals surface area contributed by atoms with Crippen molar-refractivity contribution in [1.82, 2.24) is 9.78 Å². The number of nitrogens with one attached hydrogen (secondary N) is 1. The minimum atomic E-state index is -3.41. The molecule has 0 fully saturated rings. The predicted octanol–water partition coefficient (Wildman–Crippen LogP) is -0.0571. The van der Waals surface area contributed by atoms with Crippen molar-refractivity contribution in [3.05, 3.63) is 6.07 Å². The van der Waals surface area contributed by atoms with Crippen LogP contribution in [0.2, 0.25) is 0 Å². The molecule has 0 aliphatic carbocycles. The second-order valence-corrected chi connectivity index (χ2v) is 5.39. The summed E-state index contributed by atoms with van der Waals surface area (Å²) in [7, 11) is -0.273. The van der Waals surface area contributed by atoms with Crippen LogP contribution in [-0.2, 0) is 17.1 Å². The van der Waals surface area contributed by atoms with Crippen molar-refractivity contribution in [2.45, 2.75) is 12.8 Å². The lowest BCUT2D eigenvalue weighted by molar-refractivity contribution is 0.287. The molecule has 1 rings (SSSR count). The summed E-state index contributed by atoms with van der Waals surface area (Å²) in [5.74, 6) is 0.665. The van der Waals surface area contributed by atoms with E-state index in [4.69, 9.17) is 9.84 Å². The molecule has 7 nitrogen and oxygen atoms in total. The van der Waals surface area contributed by atoms with Gasteiger partial charge in [-0.25, -0.2) is 13.1 Å². The normalized spacial score (nSPS) is 11.5. The van der Waals surface area contributed by atoms with E-state index < -0.39 is 10.0 Å². The molecule has 0 aromatic carbocycles. The molecule has 0 unspecified atom stereocenters. The quantitative estimate of drug-likeness (QED) is 0.672. The van der Waals surface area contributed by atoms with Gasteiger partial charge in [0, 0.05) is 19.7 Å². The van der Waals surface area contributed by atoms with Crippen LogP contribution in [0.5, 0.6) is 5.88 Å². The molecule has 0 atom stereocenters. The van der Waals surface area contributed by atoms with Gasteiger partial charge in [0.25, 0.3) is 0 Å². The summed E-state index contributed by atoms with van der Waals surface area (Å²) in [4.78, 5) is 0. The van der Waals surface area contributed by atoms with Gasteiger partial charge in [0.2, 0.25) is 15.9 Å². The van der Waals surface area contributed by atoms with Crippen LogP contribution in [-0.4, -0.2) is 42.8 Å². The van der Waals surface area contributed by atoms with Crippen LogP contribution in [0.3, 0.4) is 0 Å². The molecule has 0 spiro atoms. The Labute approximate surface area is 100 Å². The molecular weight excluding hydrogens is 246 g/mol. The van der Waals surface area contributed by atoms with Crippen LogP contribution >= 0.6 is 0 Å². The number of aliphatic hydroxyl groups is 1. The van der Waals surface area contributed by atoms with Crippen LogP contribution in [0.4, 0.5) is 5.82 Å². The van der Waals surface area contributed by atoms with Crippen LogP contribution in [0.25, 0.3) is 0 Å². The highest BCUT2D eigenvalue weighted by Gasteiger charge is 2.13. The highest BCUT2D eigenvalue weighted by molar-refractivity contribution is 7.92. The number of methoxy groups -OCH3 is 1. The van der Waals surface area contributed by atoms with E-state index in [9.17, 15) is 8.42 Å². The van der Waals surface area contributed by atoms with Crippen molar-refractivity contribution in [3.8, 4) is 5.88 Å². The number of nitrogens with zero attached hydrogens (tertiary/aromatic N) is 2. The fourth-order valence-corrected chi connectivity index (χ4v) is 2.41. The van der Waals surface area contributed by atoms with Gasteiger partial charge >= 0.3 is 0 Å². The zero-order chi connectivity index (χ0) is 12.9. The number of anilines is 1. The summed E-state index contributed by atoms with van der Waals surface area (Å²) >= 11 is 0. The van der Waals surface area contributed by atoms with Gasteiger partial charge in [-0.05, 0) is 12.8 Å². The molecule has 0 aliphatic heterocycles. The molecule has 0 saturated heterocycles. The highest BCUT2D eigenvalue weighted by Crippen LogP contribution is 2.16. The van der Waals surface area contributed by atoms with Crippen molar-refractivity contribution in [2.75, 3.05) is 24.2 Å². The first-order valence-electron chi connectivity index (χ1n) is 5.18. The average Bonchev–Trinajstić information content (AvgIpc) is 2.58. The monoisotopic (exact) mass is 263 g/mol. The second-order valence-electron chi connectivity index (χ2n) is 3.55. The number of aromatic nitrogens is 2. The second kappa shape index (κ2) is 5.87. The number of unbranched alkanes of at least 4 members (excludes halogenated alkanes) is 1. The molecule has 0 bridgehead atoms. The molecule has 1 aromatic heterocycles. The summed E-state index contributed by atoms with van der Waals surface area (Å²) in [6.07, 6.45) is 0.877. The number of sulfonamides is 1. The molecule has 1 heterocycles. The van der Waals surface area contributed by atoms with Crippen LogP contribution in [0.1, 0.15) is 12.8 Å². The van der Waals surface area contributed by atoms with E-state index >= 15 is 0 Å². The van der Waals surface area contributed by atoms with Gasteiger partial charge < -0.3 is 9.84 Å². The minimum Gasteiger partial charge on any atom is -0.481 e. The van der Waals surface area contributed by atoms with Gasteiger partial charge in [-0.1, -0.05) is 0 Å². The Morgan fingerprint density at radius 3 is 2.76 bits per heavy atom. The maximum absolute atomic E-state index is 11.6. The van der Waals surface area contributed by atoms with Gasteiger partial charge in [0.15, 0.2) is 5.82 Å². The standard InChI is InChI=1S/C9H17N3O4S/c1-12-9(16-2)7-8(10-12)11-17(14,15)6-4-3-5-13/h7,13H,3-6H2,1-2H3,(H,10,11). The Balaban J connectivity index is 2.63. The minimum absolute atomic E-state index is 0.00701. The van der Waals surface area contributed by atoms with Gasteiger partial charge in [0.05, 0.1) is 12.9 Å². The van der Waals surface area contributed by atoms with Gasteiger partial charge in [-0.15, -0.1) is 0 Å². The van der Waals surface area contributed by atoms with Gasteiger partial charge in [-0.2, -0.15) is 5.10 Å². The van der Waals surface area contributed by atoms with E-state index in [1.807, 2.05) is 0 Å². The number of hydrogen-bond acceptors (Lipinski definition) is 5. The highest BCUT2D eigenvalue weighted by atomic mass is 32.2. The van der Waals surface area contributed by atoms with Crippen LogP contribution in [0.15, 0.2) is 6.07 Å². The van der Waals surface area contributed by atoms with Crippen LogP contribution in [0, 0.1) is 0 Å². The van der Waals surface area contributed by atoms with E-state index in [1.54, 1.807) is 7.05 Å². The summed E-state index contributed by atoms with van der Waals surface area (Å²) < 4.78 is 32.0. The van der Waals surface area contributed by atoms with Crippen molar-refractivity contribution in [1.29, 1.82) is 0 Å². The zero-order valence-electron chi connectivity index (χ0n) is 9.88. The Bertz CT molecular complexity index is 455. The molecule has 2 N–H and O–H groups in total. The summed E-state index contributed by atoms with van der Waals surface area (Å²) in [5.41, 5.74) is 0. The third kappa shape index (κ3) is 4.23. The summed E-state index contributed by atoms with van der Waals surface area (Å²) in [6.45, 7) is -0.00701. The van der Waals surface area contributed by atoms with E-state index in [1.165, 1.54) is 17.9 Å². The SMILES string of the molecule is COc1cc(NS(=O)(=O)CCCCO)nn1C. The fourth-order valence-electron chi connectivity index (χ4n) is 1.31. The van der Waals surface area contributed by atoms with Crippen LogP contribution < -0.4 is 9.46 Å². The average molecular weight is 263 g/mol. The third-order valence-electron chi connectivity index (χ3n) is 2.13. The van der Waals surface area contributed by atoms with E-state index in [0.717, 1.165) is 0 Å². The van der Waals surface area contributed by atoms with E-state index in [-0.39, 0.29) is 18.2 Å². The smallest absolute Gasteiger partial charge is 0.233 e. The maximum atomic E-state index is 11.6. The molecular formula is C9H17N3O4S. The number of rotatable bonds is 7. The Kier molecular flexibility index (Phi) is 4.76. The third-order valence-corrected chi connectivity index (χ3v) is 3.47.